The molecule has 0 saturated carbocycles. The van der Waals surface area contributed by atoms with Crippen molar-refractivity contribution in [3.8, 4) is 0 Å². The molecule has 2 aromatic heterocycles. The Morgan fingerprint density at radius 3 is 2.71 bits per heavy atom. The van der Waals surface area contributed by atoms with Gasteiger partial charge in [-0.15, -0.1) is 4.68 Å². The van der Waals surface area contributed by atoms with E-state index in [1.165, 1.54) is 15.9 Å². The second kappa shape index (κ2) is 4.81. The first-order valence-corrected chi connectivity index (χ1v) is 7.63. The van der Waals surface area contributed by atoms with Gasteiger partial charge in [-0.05, 0) is 18.4 Å². The highest BCUT2D eigenvalue weighted by atomic mass is 32.1. The van der Waals surface area contributed by atoms with Crippen molar-refractivity contribution >= 4 is 29.3 Å². The number of rotatable bonds is 5. The van der Waals surface area contributed by atoms with E-state index in [1.54, 1.807) is 31.0 Å². The summed E-state index contributed by atoms with van der Waals surface area (Å²) in [5.41, 5.74) is 0.425. The van der Waals surface area contributed by atoms with E-state index in [1.807, 2.05) is 0 Å². The molecule has 0 spiro atoms. The third kappa shape index (κ3) is 2.13. The molecule has 2 aromatic rings. The molecule has 0 aromatic carbocycles. The zero-order chi connectivity index (χ0) is 12.5. The van der Waals surface area contributed by atoms with Crippen LogP contribution in [0.4, 0.5) is 0 Å². The standard InChI is InChI=1S/C8H14N4O3PS/c1-4-14-16(13,15-5-2)7-6-17-8-11(3)9-10-12(7)8/h6H,4-5H2,1-3H3/q+1. The number of hydrogen-bond acceptors (Lipinski definition) is 6. The van der Waals surface area contributed by atoms with E-state index in [4.69, 9.17) is 9.05 Å². The van der Waals surface area contributed by atoms with Gasteiger partial charge in [0.2, 0.25) is 5.44 Å². The molecule has 0 aliphatic heterocycles. The Bertz CT molecular complexity index is 556. The molecule has 0 bridgehead atoms. The fourth-order valence-corrected chi connectivity index (χ4v) is 4.29. The smallest absolute Gasteiger partial charge is 0.303 e. The van der Waals surface area contributed by atoms with Crippen LogP contribution in [0.5, 0.6) is 0 Å². The highest BCUT2D eigenvalue weighted by Crippen LogP contribution is 2.47. The summed E-state index contributed by atoms with van der Waals surface area (Å²) in [4.78, 5) is 0.777. The summed E-state index contributed by atoms with van der Waals surface area (Å²) in [6.07, 6.45) is 0. The van der Waals surface area contributed by atoms with Crippen molar-refractivity contribution in [1.29, 1.82) is 0 Å². The molecule has 2 rings (SSSR count). The first kappa shape index (κ1) is 12.6. The molecule has 0 aliphatic rings. The molecule has 0 saturated heterocycles. The van der Waals surface area contributed by atoms with Crippen LogP contribution < -0.4 is 10.1 Å². The van der Waals surface area contributed by atoms with E-state index in [0.29, 0.717) is 18.6 Å². The van der Waals surface area contributed by atoms with Crippen LogP contribution in [-0.4, -0.2) is 28.2 Å². The largest absolute Gasteiger partial charge is 0.397 e. The van der Waals surface area contributed by atoms with Crippen molar-refractivity contribution < 1.29 is 18.3 Å². The van der Waals surface area contributed by atoms with E-state index in [2.05, 4.69) is 10.4 Å². The second-order valence-electron chi connectivity index (χ2n) is 3.22. The van der Waals surface area contributed by atoms with Crippen LogP contribution in [0.25, 0.3) is 4.96 Å². The molecular weight excluding hydrogens is 263 g/mol. The number of aromatic nitrogens is 4. The summed E-state index contributed by atoms with van der Waals surface area (Å²) >= 11 is 1.39. The van der Waals surface area contributed by atoms with E-state index < -0.39 is 7.60 Å². The number of tetrazole rings is 1. The van der Waals surface area contributed by atoms with E-state index in [0.717, 1.165) is 4.96 Å². The maximum Gasteiger partial charge on any atom is 0.397 e. The summed E-state index contributed by atoms with van der Waals surface area (Å²) in [7, 11) is -1.53. The minimum absolute atomic E-state index is 0.315. The van der Waals surface area contributed by atoms with Crippen LogP contribution in [0.2, 0.25) is 0 Å². The van der Waals surface area contributed by atoms with E-state index >= 15 is 0 Å². The third-order valence-corrected chi connectivity index (χ3v) is 5.33. The van der Waals surface area contributed by atoms with Crippen molar-refractivity contribution in [1.82, 2.24) is 14.9 Å². The molecule has 0 N–H and O–H groups in total. The lowest BCUT2D eigenvalue weighted by molar-refractivity contribution is -0.705. The number of thiazole rings is 1. The van der Waals surface area contributed by atoms with E-state index in [-0.39, 0.29) is 0 Å². The fourth-order valence-electron chi connectivity index (χ4n) is 1.43. The normalized spacial score (nSPS) is 12.4. The Morgan fingerprint density at radius 1 is 1.47 bits per heavy atom. The Hall–Kier alpha value is -0.820. The Labute approximate surface area is 102 Å². The van der Waals surface area contributed by atoms with Crippen LogP contribution in [-0.2, 0) is 20.7 Å². The Balaban J connectivity index is 2.52. The molecule has 0 radical (unpaired) electrons. The predicted molar refractivity (Wildman–Crippen MR) is 62.5 cm³/mol. The van der Waals surface area contributed by atoms with Gasteiger partial charge < -0.3 is 9.05 Å². The number of nitrogens with zero attached hydrogens (tertiary/aromatic N) is 4. The lowest BCUT2D eigenvalue weighted by Crippen LogP contribution is -2.29. The first-order chi connectivity index (χ1) is 8.12. The van der Waals surface area contributed by atoms with Gasteiger partial charge in [0.15, 0.2) is 5.21 Å². The SMILES string of the molecule is CCOP(=O)(OCC)c1csc2n1nn[n+]2C. The van der Waals surface area contributed by atoms with Gasteiger partial charge in [0.25, 0.3) is 0 Å². The maximum absolute atomic E-state index is 12.6. The average molecular weight is 277 g/mol. The van der Waals surface area contributed by atoms with Crippen molar-refractivity contribution in [2.75, 3.05) is 13.2 Å². The zero-order valence-electron chi connectivity index (χ0n) is 9.86. The van der Waals surface area contributed by atoms with Crippen molar-refractivity contribution in [2.45, 2.75) is 13.8 Å². The van der Waals surface area contributed by atoms with Crippen LogP contribution in [0.15, 0.2) is 5.38 Å². The van der Waals surface area contributed by atoms with Gasteiger partial charge in [0.1, 0.15) is 5.21 Å². The molecular formula is C8H14N4O3PS+. The summed E-state index contributed by atoms with van der Waals surface area (Å²) in [6.45, 7) is 4.18. The highest BCUT2D eigenvalue weighted by Gasteiger charge is 2.36. The van der Waals surface area contributed by atoms with Gasteiger partial charge in [0.05, 0.1) is 20.3 Å². The molecule has 9 heteroatoms. The van der Waals surface area contributed by atoms with Crippen molar-refractivity contribution in [3.63, 3.8) is 0 Å². The fraction of sp³-hybridized carbons (Fsp3) is 0.625. The summed E-state index contributed by atoms with van der Waals surface area (Å²) in [6, 6.07) is 0. The number of hydrogen-bond donors (Lipinski definition) is 0. The minimum Gasteiger partial charge on any atom is -0.303 e. The monoisotopic (exact) mass is 277 g/mol. The number of fused-ring (bicyclic) bond motifs is 1. The number of aryl methyl sites for hydroxylation is 1. The molecule has 0 aliphatic carbocycles. The highest BCUT2D eigenvalue weighted by molar-refractivity contribution is 7.62. The molecule has 17 heavy (non-hydrogen) atoms. The molecule has 7 nitrogen and oxygen atoms in total. The van der Waals surface area contributed by atoms with Crippen LogP contribution in [0.1, 0.15) is 13.8 Å². The third-order valence-electron chi connectivity index (χ3n) is 2.09. The van der Waals surface area contributed by atoms with Gasteiger partial charge in [-0.3, -0.25) is 4.57 Å². The van der Waals surface area contributed by atoms with Crippen LogP contribution in [0, 0.1) is 0 Å². The van der Waals surface area contributed by atoms with Gasteiger partial charge in [-0.25, -0.2) is 0 Å². The Kier molecular flexibility index (Phi) is 3.58. The maximum atomic E-state index is 12.6. The first-order valence-electron chi connectivity index (χ1n) is 5.21. The average Bonchev–Trinajstić information content (AvgIpc) is 2.83. The second-order valence-corrected chi connectivity index (χ2v) is 6.03. The minimum atomic E-state index is -3.30. The molecule has 0 amide bonds. The van der Waals surface area contributed by atoms with Gasteiger partial charge in [-0.2, -0.15) is 0 Å². The lowest BCUT2D eigenvalue weighted by Gasteiger charge is -2.12. The lowest BCUT2D eigenvalue weighted by atomic mass is 10.9. The van der Waals surface area contributed by atoms with Gasteiger partial charge in [-0.1, -0.05) is 11.3 Å². The van der Waals surface area contributed by atoms with Gasteiger partial charge in [0, 0.05) is 5.38 Å². The molecule has 94 valence electrons. The quantitative estimate of drug-likeness (QED) is 0.588. The summed E-state index contributed by atoms with van der Waals surface area (Å²) in [5.74, 6) is 0. The predicted octanol–water partition coefficient (Wildman–Crippen LogP) is 0.507. The topological polar surface area (TPSA) is 69.6 Å². The zero-order valence-corrected chi connectivity index (χ0v) is 11.6. The van der Waals surface area contributed by atoms with Crippen LogP contribution in [0.3, 0.4) is 0 Å². The van der Waals surface area contributed by atoms with E-state index in [9.17, 15) is 4.57 Å². The van der Waals surface area contributed by atoms with Crippen molar-refractivity contribution in [3.05, 3.63) is 5.38 Å². The molecule has 0 fully saturated rings. The summed E-state index contributed by atoms with van der Waals surface area (Å²) < 4.78 is 26.2. The van der Waals surface area contributed by atoms with Gasteiger partial charge >= 0.3 is 12.6 Å². The van der Waals surface area contributed by atoms with Crippen LogP contribution >= 0.6 is 18.9 Å². The van der Waals surface area contributed by atoms with Crippen molar-refractivity contribution in [2.24, 2.45) is 7.05 Å². The molecule has 2 heterocycles. The molecule has 0 atom stereocenters. The molecule has 0 unspecified atom stereocenters. The summed E-state index contributed by atoms with van der Waals surface area (Å²) in [5, 5.41) is 9.51. The Morgan fingerprint density at radius 2 is 2.12 bits per heavy atom.